The number of pyridine rings is 2. The van der Waals surface area contributed by atoms with E-state index < -0.39 is 0 Å². The molecule has 0 fully saturated rings. The Labute approximate surface area is 298 Å². The van der Waals surface area contributed by atoms with Crippen LogP contribution in [-0.2, 0) is 31.3 Å². The number of carbonyl (C=O) groups excluding carboxylic acids is 1. The molecule has 3 heterocycles. The number of nitrogens with zero attached hydrogens (tertiary/aromatic N) is 2. The van der Waals surface area contributed by atoms with E-state index in [9.17, 15) is 9.90 Å². The average Bonchev–Trinajstić information content (AvgIpc) is 3.44. The second kappa shape index (κ2) is 16.4. The fourth-order valence-corrected chi connectivity index (χ4v) is 6.51. The number of aliphatic hydroxyl groups is 1. The van der Waals surface area contributed by atoms with Crippen molar-refractivity contribution in [3.63, 3.8) is 0 Å². The zero-order chi connectivity index (χ0) is 33.7. The second-order valence-electron chi connectivity index (χ2n) is 12.8. The predicted molar refractivity (Wildman–Crippen MR) is 194 cm³/mol. The average molecular weight is 820 g/mol. The van der Waals surface area contributed by atoms with Crippen LogP contribution in [0.3, 0.4) is 0 Å². The van der Waals surface area contributed by atoms with E-state index in [2.05, 4.69) is 92.6 Å². The van der Waals surface area contributed by atoms with E-state index in [1.165, 1.54) is 27.8 Å². The van der Waals surface area contributed by atoms with E-state index in [4.69, 9.17) is 4.42 Å². The van der Waals surface area contributed by atoms with Gasteiger partial charge in [-0.05, 0) is 84.0 Å². The van der Waals surface area contributed by atoms with Crippen molar-refractivity contribution < 1.29 is 39.0 Å². The first kappa shape index (κ1) is 36.8. The zero-order valence-electron chi connectivity index (χ0n) is 29.0. The van der Waals surface area contributed by atoms with Gasteiger partial charge < -0.3 is 14.1 Å². The Bertz CT molecular complexity index is 2050. The Kier molecular flexibility index (Phi) is 12.6. The first-order chi connectivity index (χ1) is 22.7. The molecule has 0 spiro atoms. The minimum absolute atomic E-state index is 0. The fraction of sp³-hybridized carbons (Fsp3) is 0.333. The van der Waals surface area contributed by atoms with Gasteiger partial charge in [-0.25, -0.2) is 4.98 Å². The molecule has 1 N–H and O–H groups in total. The van der Waals surface area contributed by atoms with Crippen LogP contribution in [0.15, 0.2) is 89.2 Å². The number of aromatic nitrogens is 2. The number of carbonyl (C=O) groups is 1. The predicted octanol–water partition coefficient (Wildman–Crippen LogP) is 10.7. The Morgan fingerprint density at radius 1 is 0.896 bits per heavy atom. The van der Waals surface area contributed by atoms with Crippen LogP contribution in [-0.4, -0.2) is 15.9 Å². The molecule has 3 aromatic heterocycles. The number of hydrogen-bond donors (Lipinski definition) is 1. The molecule has 48 heavy (non-hydrogen) atoms. The number of fused-ring (bicyclic) bond motifs is 6. The molecule has 0 aliphatic rings. The van der Waals surface area contributed by atoms with Gasteiger partial charge in [0.25, 0.3) is 0 Å². The van der Waals surface area contributed by atoms with Gasteiger partial charge in [-0.15, -0.1) is 17.7 Å². The molecule has 253 valence electrons. The van der Waals surface area contributed by atoms with Crippen molar-refractivity contribution in [2.75, 3.05) is 0 Å². The van der Waals surface area contributed by atoms with Gasteiger partial charge in [0.05, 0.1) is 11.3 Å². The van der Waals surface area contributed by atoms with Gasteiger partial charge in [0, 0.05) is 56.6 Å². The first-order valence-electron chi connectivity index (χ1n) is 17.0. The maximum atomic E-state index is 11.7. The van der Waals surface area contributed by atoms with Crippen molar-refractivity contribution in [3.05, 3.63) is 103 Å². The largest absolute Gasteiger partial charge is 0.512 e. The van der Waals surface area contributed by atoms with E-state index in [0.717, 1.165) is 65.2 Å². The molecule has 6 rings (SSSR count). The van der Waals surface area contributed by atoms with Crippen LogP contribution in [0.2, 0.25) is 0 Å². The van der Waals surface area contributed by atoms with Crippen LogP contribution in [0.1, 0.15) is 72.8 Å². The molecular formula is C42H47IrN2O3-. The SMILES string of the molecule is CCC(CC)C(=O)/C=C(\O)C(CC)CC.[CH2-][n+]1c(-c2[c-]c(CC(C)C)cc3c2oc2ncccc23)ccc2c3ccccc3ccc21.[Ir]. The van der Waals surface area contributed by atoms with Gasteiger partial charge in [0.15, 0.2) is 5.78 Å². The molecule has 6 aromatic rings. The van der Waals surface area contributed by atoms with Crippen LogP contribution < -0.4 is 4.57 Å². The van der Waals surface area contributed by atoms with Gasteiger partial charge in [-0.2, -0.15) is 0 Å². The number of furan rings is 1. The van der Waals surface area contributed by atoms with Gasteiger partial charge >= 0.3 is 0 Å². The molecule has 0 aliphatic carbocycles. The van der Waals surface area contributed by atoms with Crippen LogP contribution in [0.5, 0.6) is 0 Å². The summed E-state index contributed by atoms with van der Waals surface area (Å²) in [5.41, 5.74) is 5.62. The summed E-state index contributed by atoms with van der Waals surface area (Å²) in [6.07, 6.45) is 7.63. The standard InChI is InChI=1S/C29H23N2O.C13H24O2.Ir/c1-18(2)15-19-16-24-23-9-6-14-30-29(23)32-28(24)25(17-19)27-13-11-22-21-8-5-4-7-20(21)10-12-26(22)31(27)3;1-5-10(6-2)12(14)9-13(15)11(7-3)8-4;/h4-14,16,18H,3,15H2,1-2H3;9-11,14H,5-8H2,1-4H3;/q-1;;/b;12-9-;. The molecule has 0 unspecified atom stereocenters. The van der Waals surface area contributed by atoms with Crippen molar-refractivity contribution in [1.82, 2.24) is 4.98 Å². The second-order valence-corrected chi connectivity index (χ2v) is 12.8. The van der Waals surface area contributed by atoms with Crippen molar-refractivity contribution in [1.29, 1.82) is 0 Å². The topological polar surface area (TPSA) is 67.2 Å². The quantitative estimate of drug-likeness (QED) is 0.0492. The molecule has 5 nitrogen and oxygen atoms in total. The van der Waals surface area contributed by atoms with Gasteiger partial charge in [0.2, 0.25) is 5.71 Å². The molecule has 0 saturated carbocycles. The molecule has 0 atom stereocenters. The number of aliphatic hydroxyl groups excluding tert-OH is 1. The Balaban J connectivity index is 0.000000279. The summed E-state index contributed by atoms with van der Waals surface area (Å²) in [6, 6.07) is 27.0. The van der Waals surface area contributed by atoms with E-state index in [-0.39, 0.29) is 43.5 Å². The third-order valence-corrected chi connectivity index (χ3v) is 9.24. The smallest absolute Gasteiger partial charge is 0.216 e. The monoisotopic (exact) mass is 820 g/mol. The van der Waals surface area contributed by atoms with Crippen molar-refractivity contribution >= 4 is 49.5 Å². The Hall–Kier alpha value is -3.99. The molecule has 1 radical (unpaired) electrons. The number of rotatable bonds is 10. The molecule has 6 heteroatoms. The van der Waals surface area contributed by atoms with E-state index in [1.54, 1.807) is 6.20 Å². The number of allylic oxidation sites excluding steroid dienone is 2. The summed E-state index contributed by atoms with van der Waals surface area (Å²) in [6.45, 7) is 12.5. The summed E-state index contributed by atoms with van der Waals surface area (Å²) in [4.78, 5) is 16.2. The third-order valence-electron chi connectivity index (χ3n) is 9.24. The number of benzene rings is 3. The molecule has 0 bridgehead atoms. The molecule has 0 aliphatic heterocycles. The molecule has 0 saturated heterocycles. The van der Waals surface area contributed by atoms with E-state index in [0.29, 0.717) is 11.6 Å². The minimum Gasteiger partial charge on any atom is -0.512 e. The number of ketones is 1. The molecular weight excluding hydrogens is 773 g/mol. The van der Waals surface area contributed by atoms with Crippen LogP contribution >= 0.6 is 0 Å². The van der Waals surface area contributed by atoms with Crippen LogP contribution in [0.4, 0.5) is 0 Å². The maximum Gasteiger partial charge on any atom is 0.216 e. The van der Waals surface area contributed by atoms with Crippen molar-refractivity contribution in [2.45, 2.75) is 73.6 Å². The van der Waals surface area contributed by atoms with Crippen molar-refractivity contribution in [2.24, 2.45) is 17.8 Å². The first-order valence-corrected chi connectivity index (χ1v) is 17.0. The molecule has 0 amide bonds. The third kappa shape index (κ3) is 7.66. The van der Waals surface area contributed by atoms with Crippen LogP contribution in [0, 0.1) is 30.9 Å². The van der Waals surface area contributed by atoms with E-state index >= 15 is 0 Å². The Morgan fingerprint density at radius 3 is 2.27 bits per heavy atom. The number of hydrogen-bond acceptors (Lipinski definition) is 4. The van der Waals surface area contributed by atoms with Gasteiger partial charge in [0.1, 0.15) is 11.2 Å². The summed E-state index contributed by atoms with van der Waals surface area (Å²) < 4.78 is 8.26. The maximum absolute atomic E-state index is 11.7. The van der Waals surface area contributed by atoms with Gasteiger partial charge in [-0.1, -0.05) is 83.3 Å². The Morgan fingerprint density at radius 2 is 1.58 bits per heavy atom. The normalized spacial score (nSPS) is 11.9. The van der Waals surface area contributed by atoms with E-state index in [1.807, 2.05) is 38.3 Å². The molecule has 3 aromatic carbocycles. The fourth-order valence-electron chi connectivity index (χ4n) is 6.51. The summed E-state index contributed by atoms with van der Waals surface area (Å²) >= 11 is 0. The summed E-state index contributed by atoms with van der Waals surface area (Å²) in [7, 11) is 4.42. The van der Waals surface area contributed by atoms with Gasteiger partial charge in [-0.3, -0.25) is 4.79 Å². The summed E-state index contributed by atoms with van der Waals surface area (Å²) in [5, 5.41) is 15.5. The zero-order valence-corrected chi connectivity index (χ0v) is 31.4. The minimum atomic E-state index is 0. The van der Waals surface area contributed by atoms with Crippen LogP contribution in [0.25, 0.3) is 55.0 Å². The van der Waals surface area contributed by atoms with Crippen molar-refractivity contribution in [3.8, 4) is 11.3 Å². The summed E-state index contributed by atoms with van der Waals surface area (Å²) in [5.74, 6) is 1.08.